The standard InChI is InChI=1S/C22H27N3O4S/c1-4-5-8-23-22(30)25(14-17-7-6-9-29-17)13-16-10-15-11-19(27-2)20(28-3)12-18(15)24-21(16)26/h6-7,9-12H,4-5,8,13-14H2,1-3H3,(H,23,30)(H,24,26). The van der Waals surface area contributed by atoms with E-state index in [1.54, 1.807) is 26.5 Å². The van der Waals surface area contributed by atoms with Crippen LogP contribution >= 0.6 is 12.2 Å². The Kier molecular flexibility index (Phi) is 7.35. The molecule has 0 aliphatic carbocycles. The van der Waals surface area contributed by atoms with Crippen molar-refractivity contribution in [3.63, 3.8) is 0 Å². The third-order valence-electron chi connectivity index (χ3n) is 4.81. The number of hydrogen-bond acceptors (Lipinski definition) is 5. The Labute approximate surface area is 181 Å². The van der Waals surface area contributed by atoms with Crippen LogP contribution < -0.4 is 20.3 Å². The van der Waals surface area contributed by atoms with E-state index in [9.17, 15) is 4.79 Å². The third-order valence-corrected chi connectivity index (χ3v) is 5.21. The summed E-state index contributed by atoms with van der Waals surface area (Å²) in [5.41, 5.74) is 1.11. The highest BCUT2D eigenvalue weighted by molar-refractivity contribution is 7.80. The Balaban J connectivity index is 1.90. The van der Waals surface area contributed by atoms with Crippen LogP contribution in [0.15, 0.2) is 45.8 Å². The van der Waals surface area contributed by atoms with Gasteiger partial charge in [-0.15, -0.1) is 0 Å². The van der Waals surface area contributed by atoms with Crippen molar-refractivity contribution in [3.8, 4) is 11.5 Å². The van der Waals surface area contributed by atoms with Crippen molar-refractivity contribution >= 4 is 28.2 Å². The molecule has 160 valence electrons. The van der Waals surface area contributed by atoms with Crippen LogP contribution in [0.25, 0.3) is 10.9 Å². The minimum Gasteiger partial charge on any atom is -0.493 e. The number of unbranched alkanes of at least 4 members (excludes halogenated alkanes) is 1. The van der Waals surface area contributed by atoms with Crippen molar-refractivity contribution < 1.29 is 13.9 Å². The molecule has 0 fully saturated rings. The van der Waals surface area contributed by atoms with Gasteiger partial charge in [-0.05, 0) is 42.9 Å². The summed E-state index contributed by atoms with van der Waals surface area (Å²) < 4.78 is 16.2. The number of thiocarbonyl (C=S) groups is 1. The van der Waals surface area contributed by atoms with Crippen LogP contribution in [0.1, 0.15) is 31.1 Å². The zero-order valence-electron chi connectivity index (χ0n) is 17.5. The fourth-order valence-corrected chi connectivity index (χ4v) is 3.41. The van der Waals surface area contributed by atoms with Gasteiger partial charge in [0.15, 0.2) is 16.6 Å². The van der Waals surface area contributed by atoms with Crippen molar-refractivity contribution in [2.24, 2.45) is 0 Å². The summed E-state index contributed by atoms with van der Waals surface area (Å²) in [5.74, 6) is 1.94. The summed E-state index contributed by atoms with van der Waals surface area (Å²) in [6, 6.07) is 9.20. The number of fused-ring (bicyclic) bond motifs is 1. The van der Waals surface area contributed by atoms with Crippen LogP contribution in [-0.4, -0.2) is 35.8 Å². The molecule has 2 aromatic heterocycles. The summed E-state index contributed by atoms with van der Waals surface area (Å²) in [5, 5.41) is 4.71. The number of benzene rings is 1. The fourth-order valence-electron chi connectivity index (χ4n) is 3.18. The molecule has 30 heavy (non-hydrogen) atoms. The molecule has 2 N–H and O–H groups in total. The molecule has 0 atom stereocenters. The predicted octanol–water partition coefficient (Wildman–Crippen LogP) is 3.82. The molecular weight excluding hydrogens is 402 g/mol. The van der Waals surface area contributed by atoms with Crippen molar-refractivity contribution in [1.29, 1.82) is 0 Å². The highest BCUT2D eigenvalue weighted by Crippen LogP contribution is 2.31. The van der Waals surface area contributed by atoms with Gasteiger partial charge in [-0.25, -0.2) is 0 Å². The molecular formula is C22H27N3O4S. The maximum Gasteiger partial charge on any atom is 0.253 e. The van der Waals surface area contributed by atoms with Crippen LogP contribution in [0, 0.1) is 0 Å². The minimum atomic E-state index is -0.171. The molecule has 7 nitrogen and oxygen atoms in total. The molecule has 3 rings (SSSR count). The molecule has 0 unspecified atom stereocenters. The van der Waals surface area contributed by atoms with Crippen LogP contribution in [0.2, 0.25) is 0 Å². The molecule has 2 heterocycles. The lowest BCUT2D eigenvalue weighted by Gasteiger charge is -2.25. The number of methoxy groups -OCH3 is 2. The van der Waals surface area contributed by atoms with Gasteiger partial charge < -0.3 is 29.1 Å². The number of ether oxygens (including phenoxy) is 2. The van der Waals surface area contributed by atoms with E-state index in [-0.39, 0.29) is 5.56 Å². The number of rotatable bonds is 9. The number of nitrogens with one attached hydrogen (secondary N) is 2. The van der Waals surface area contributed by atoms with E-state index < -0.39 is 0 Å². The smallest absolute Gasteiger partial charge is 0.253 e. The summed E-state index contributed by atoms with van der Waals surface area (Å²) >= 11 is 5.60. The molecule has 0 amide bonds. The number of aromatic nitrogens is 1. The Morgan fingerprint density at radius 3 is 2.63 bits per heavy atom. The molecule has 0 saturated heterocycles. The minimum absolute atomic E-state index is 0.171. The highest BCUT2D eigenvalue weighted by Gasteiger charge is 2.16. The van der Waals surface area contributed by atoms with Gasteiger partial charge in [-0.1, -0.05) is 13.3 Å². The quantitative estimate of drug-likeness (QED) is 0.395. The first-order valence-electron chi connectivity index (χ1n) is 9.88. The lowest BCUT2D eigenvalue weighted by molar-refractivity contribution is 0.350. The summed E-state index contributed by atoms with van der Waals surface area (Å²) in [6.07, 6.45) is 3.72. The number of nitrogens with zero attached hydrogens (tertiary/aromatic N) is 1. The summed E-state index contributed by atoms with van der Waals surface area (Å²) in [4.78, 5) is 17.6. The van der Waals surface area contributed by atoms with Gasteiger partial charge in [0.1, 0.15) is 5.76 Å². The van der Waals surface area contributed by atoms with E-state index >= 15 is 0 Å². The first-order valence-corrected chi connectivity index (χ1v) is 10.3. The first-order chi connectivity index (χ1) is 14.5. The van der Waals surface area contributed by atoms with E-state index in [0.29, 0.717) is 40.8 Å². The van der Waals surface area contributed by atoms with E-state index in [1.807, 2.05) is 29.2 Å². The second kappa shape index (κ2) is 10.2. The zero-order valence-corrected chi connectivity index (χ0v) is 18.3. The third kappa shape index (κ3) is 5.13. The number of hydrogen-bond donors (Lipinski definition) is 2. The Morgan fingerprint density at radius 1 is 1.20 bits per heavy atom. The lowest BCUT2D eigenvalue weighted by Crippen LogP contribution is -2.40. The van der Waals surface area contributed by atoms with Crippen LogP contribution in [0.5, 0.6) is 11.5 Å². The largest absolute Gasteiger partial charge is 0.493 e. The Bertz CT molecular complexity index is 1050. The first kappa shape index (κ1) is 21.7. The fraction of sp³-hybridized carbons (Fsp3) is 0.364. The van der Waals surface area contributed by atoms with Crippen LogP contribution in [0.4, 0.5) is 0 Å². The SMILES string of the molecule is CCCCNC(=S)N(Cc1ccco1)Cc1cc2cc(OC)c(OC)cc2[nH]c1=O. The molecule has 0 aliphatic heterocycles. The van der Waals surface area contributed by atoms with Gasteiger partial charge in [-0.2, -0.15) is 0 Å². The monoisotopic (exact) mass is 429 g/mol. The molecule has 0 radical (unpaired) electrons. The van der Waals surface area contributed by atoms with Gasteiger partial charge in [0.25, 0.3) is 5.56 Å². The summed E-state index contributed by atoms with van der Waals surface area (Å²) in [6.45, 7) is 3.73. The van der Waals surface area contributed by atoms with E-state index in [4.69, 9.17) is 26.1 Å². The number of furan rings is 1. The zero-order chi connectivity index (χ0) is 21.5. The van der Waals surface area contributed by atoms with Crippen molar-refractivity contribution in [3.05, 3.63) is 58.3 Å². The second-order valence-electron chi connectivity index (χ2n) is 6.94. The maximum absolute atomic E-state index is 12.8. The van der Waals surface area contributed by atoms with Crippen molar-refractivity contribution in [1.82, 2.24) is 15.2 Å². The van der Waals surface area contributed by atoms with Gasteiger partial charge in [0.05, 0.1) is 39.1 Å². The van der Waals surface area contributed by atoms with E-state index in [0.717, 1.165) is 30.5 Å². The molecule has 0 aliphatic rings. The average molecular weight is 430 g/mol. The Hall–Kier alpha value is -3.00. The van der Waals surface area contributed by atoms with E-state index in [1.165, 1.54) is 0 Å². The molecule has 0 bridgehead atoms. The maximum atomic E-state index is 12.8. The molecule has 0 saturated carbocycles. The van der Waals surface area contributed by atoms with Gasteiger partial charge in [-0.3, -0.25) is 4.79 Å². The number of H-pyrrole nitrogens is 1. The topological polar surface area (TPSA) is 79.7 Å². The average Bonchev–Trinajstić information content (AvgIpc) is 3.26. The van der Waals surface area contributed by atoms with Gasteiger partial charge in [0, 0.05) is 23.6 Å². The van der Waals surface area contributed by atoms with Crippen molar-refractivity contribution in [2.45, 2.75) is 32.9 Å². The second-order valence-corrected chi connectivity index (χ2v) is 7.33. The molecule has 0 spiro atoms. The van der Waals surface area contributed by atoms with Crippen LogP contribution in [0.3, 0.4) is 0 Å². The predicted molar refractivity (Wildman–Crippen MR) is 121 cm³/mol. The normalized spacial score (nSPS) is 10.8. The Morgan fingerprint density at radius 2 is 1.97 bits per heavy atom. The number of pyridine rings is 1. The summed E-state index contributed by atoms with van der Waals surface area (Å²) in [7, 11) is 3.15. The van der Waals surface area contributed by atoms with Crippen molar-refractivity contribution in [2.75, 3.05) is 20.8 Å². The van der Waals surface area contributed by atoms with E-state index in [2.05, 4.69) is 17.2 Å². The molecule has 8 heteroatoms. The van der Waals surface area contributed by atoms with Crippen LogP contribution in [-0.2, 0) is 13.1 Å². The molecule has 3 aromatic rings. The van der Waals surface area contributed by atoms with Gasteiger partial charge in [0.2, 0.25) is 0 Å². The van der Waals surface area contributed by atoms with Gasteiger partial charge >= 0.3 is 0 Å². The lowest BCUT2D eigenvalue weighted by atomic mass is 10.1. The molecule has 1 aromatic carbocycles. The highest BCUT2D eigenvalue weighted by atomic mass is 32.1. The number of aromatic amines is 1.